The summed E-state index contributed by atoms with van der Waals surface area (Å²) in [5.74, 6) is -1.67. The van der Waals surface area contributed by atoms with Gasteiger partial charge in [-0.15, -0.1) is 4.91 Å². The topological polar surface area (TPSA) is 110 Å². The number of nitrogens with two attached hydrogens (primary N) is 1. The fourth-order valence-corrected chi connectivity index (χ4v) is 0.808. The maximum absolute atomic E-state index is 10.4. The third-order valence-corrected chi connectivity index (χ3v) is 1.56. The van der Waals surface area contributed by atoms with Crippen molar-refractivity contribution in [3.63, 3.8) is 0 Å². The van der Waals surface area contributed by atoms with Gasteiger partial charge in [0.25, 0.3) is 5.91 Å². The molecule has 13 heavy (non-hydrogen) atoms. The van der Waals surface area contributed by atoms with Crippen molar-refractivity contribution in [1.82, 2.24) is 0 Å². The first-order valence-electron chi connectivity index (χ1n) is 3.89. The van der Waals surface area contributed by atoms with Gasteiger partial charge in [-0.3, -0.25) is 9.59 Å². The van der Waals surface area contributed by atoms with Crippen LogP contribution >= 0.6 is 0 Å². The number of hydrogen-bond acceptors (Lipinski definition) is 4. The van der Waals surface area contributed by atoms with Crippen molar-refractivity contribution in [3.05, 3.63) is 4.91 Å². The van der Waals surface area contributed by atoms with Gasteiger partial charge in [-0.25, -0.2) is 0 Å². The summed E-state index contributed by atoms with van der Waals surface area (Å²) in [5, 5.41) is 10.5. The number of nitrogens with zero attached hydrogens (tertiary/aromatic N) is 1. The number of aliphatic carboxylic acids is 1. The Bertz CT molecular complexity index is 205. The second-order valence-electron chi connectivity index (χ2n) is 2.72. The summed E-state index contributed by atoms with van der Waals surface area (Å²) >= 11 is 0. The van der Waals surface area contributed by atoms with Crippen LogP contribution in [0.1, 0.15) is 25.7 Å². The number of carboxylic acid groups (broad SMARTS) is 1. The predicted molar refractivity (Wildman–Crippen MR) is 44.9 cm³/mol. The first kappa shape index (κ1) is 11.7. The van der Waals surface area contributed by atoms with Crippen LogP contribution in [0.3, 0.4) is 0 Å². The average Bonchev–Trinajstić information content (AvgIpc) is 2.10. The molecular weight excluding hydrogens is 176 g/mol. The molecule has 0 aromatic rings. The van der Waals surface area contributed by atoms with Crippen LogP contribution in [0.15, 0.2) is 5.18 Å². The number of carbonyl (C=O) groups excluding carboxylic acids is 1. The first-order chi connectivity index (χ1) is 6.06. The summed E-state index contributed by atoms with van der Waals surface area (Å²) in [4.78, 5) is 30.2. The molecule has 1 amide bonds. The summed E-state index contributed by atoms with van der Waals surface area (Å²) in [6.07, 6.45) is 0.577. The number of amides is 1. The molecule has 0 aliphatic rings. The van der Waals surface area contributed by atoms with Crippen LogP contribution in [-0.2, 0) is 9.59 Å². The zero-order valence-corrected chi connectivity index (χ0v) is 7.10. The third kappa shape index (κ3) is 7.07. The molecule has 0 aliphatic carbocycles. The smallest absolute Gasteiger partial charge is 0.303 e. The SMILES string of the molecule is NC(CCC(=O)O)CCC(=O)N=O. The molecule has 0 fully saturated rings. The van der Waals surface area contributed by atoms with Crippen LogP contribution in [0.25, 0.3) is 0 Å². The monoisotopic (exact) mass is 188 g/mol. The fraction of sp³-hybridized carbons (Fsp3) is 0.714. The highest BCUT2D eigenvalue weighted by molar-refractivity contribution is 5.76. The van der Waals surface area contributed by atoms with Crippen molar-refractivity contribution in [1.29, 1.82) is 0 Å². The Labute approximate surface area is 75.1 Å². The van der Waals surface area contributed by atoms with Gasteiger partial charge in [-0.2, -0.15) is 0 Å². The molecule has 0 rings (SSSR count). The van der Waals surface area contributed by atoms with E-state index in [4.69, 9.17) is 10.8 Å². The molecule has 0 aliphatic heterocycles. The Kier molecular flexibility index (Phi) is 5.62. The standard InChI is InChI=1S/C7H12N2O4/c8-5(2-4-7(11)12)1-3-6(10)9-13/h5H,1-4,8H2,(H,11,12). The lowest BCUT2D eigenvalue weighted by atomic mass is 10.1. The second-order valence-corrected chi connectivity index (χ2v) is 2.72. The molecule has 1 unspecified atom stereocenters. The Morgan fingerprint density at radius 3 is 2.31 bits per heavy atom. The summed E-state index contributed by atoms with van der Waals surface area (Å²) in [6, 6.07) is -0.359. The minimum atomic E-state index is -0.921. The molecule has 0 saturated carbocycles. The first-order valence-corrected chi connectivity index (χ1v) is 3.89. The van der Waals surface area contributed by atoms with Gasteiger partial charge < -0.3 is 10.8 Å². The van der Waals surface area contributed by atoms with Gasteiger partial charge in [0.1, 0.15) is 0 Å². The van der Waals surface area contributed by atoms with Crippen molar-refractivity contribution in [2.75, 3.05) is 0 Å². The largest absolute Gasteiger partial charge is 0.481 e. The van der Waals surface area contributed by atoms with Gasteiger partial charge in [-0.05, 0) is 12.8 Å². The summed E-state index contributed by atoms with van der Waals surface area (Å²) in [6.45, 7) is 0. The molecule has 0 radical (unpaired) electrons. The number of rotatable bonds is 6. The zero-order chi connectivity index (χ0) is 10.3. The van der Waals surface area contributed by atoms with Gasteiger partial charge in [0.05, 0.1) is 0 Å². The van der Waals surface area contributed by atoms with Crippen LogP contribution < -0.4 is 5.73 Å². The number of nitroso groups, excluding NO2 is 1. The number of hydrogen-bond donors (Lipinski definition) is 2. The lowest BCUT2D eigenvalue weighted by molar-refractivity contribution is -0.137. The van der Waals surface area contributed by atoms with E-state index >= 15 is 0 Å². The predicted octanol–water partition coefficient (Wildman–Crippen LogP) is 0.252. The summed E-state index contributed by atoms with van der Waals surface area (Å²) in [5.41, 5.74) is 5.47. The Hall–Kier alpha value is -1.30. The minimum absolute atomic E-state index is 0.00964. The summed E-state index contributed by atoms with van der Waals surface area (Å²) < 4.78 is 0. The van der Waals surface area contributed by atoms with Crippen LogP contribution in [-0.4, -0.2) is 23.0 Å². The van der Waals surface area contributed by atoms with Gasteiger partial charge >= 0.3 is 5.97 Å². The number of carbonyl (C=O) groups is 2. The molecule has 0 saturated heterocycles. The highest BCUT2D eigenvalue weighted by atomic mass is 16.4. The molecule has 6 heteroatoms. The van der Waals surface area contributed by atoms with Crippen molar-refractivity contribution < 1.29 is 14.7 Å². The molecule has 0 heterocycles. The summed E-state index contributed by atoms with van der Waals surface area (Å²) in [7, 11) is 0. The van der Waals surface area contributed by atoms with Crippen molar-refractivity contribution in [2.45, 2.75) is 31.7 Å². The molecule has 0 aromatic carbocycles. The van der Waals surface area contributed by atoms with E-state index < -0.39 is 11.9 Å². The normalized spacial score (nSPS) is 12.1. The highest BCUT2D eigenvalue weighted by Crippen LogP contribution is 2.03. The lowest BCUT2D eigenvalue weighted by Crippen LogP contribution is -2.21. The van der Waals surface area contributed by atoms with E-state index in [0.717, 1.165) is 0 Å². The maximum Gasteiger partial charge on any atom is 0.303 e. The van der Waals surface area contributed by atoms with Gasteiger partial charge in [0.15, 0.2) is 0 Å². The van der Waals surface area contributed by atoms with E-state index in [9.17, 15) is 14.5 Å². The molecule has 0 aromatic heterocycles. The molecule has 1 atom stereocenters. The van der Waals surface area contributed by atoms with Crippen molar-refractivity contribution in [3.8, 4) is 0 Å². The second kappa shape index (κ2) is 6.24. The minimum Gasteiger partial charge on any atom is -0.481 e. The van der Waals surface area contributed by atoms with Gasteiger partial charge in [0, 0.05) is 24.1 Å². The van der Waals surface area contributed by atoms with E-state index in [2.05, 4.69) is 5.18 Å². The highest BCUT2D eigenvalue weighted by Gasteiger charge is 2.08. The van der Waals surface area contributed by atoms with E-state index in [-0.39, 0.29) is 18.9 Å². The van der Waals surface area contributed by atoms with E-state index in [0.29, 0.717) is 12.8 Å². The molecule has 0 spiro atoms. The van der Waals surface area contributed by atoms with Crippen LogP contribution in [0.2, 0.25) is 0 Å². The lowest BCUT2D eigenvalue weighted by Gasteiger charge is -2.06. The Morgan fingerprint density at radius 2 is 1.85 bits per heavy atom. The quantitative estimate of drug-likeness (QED) is 0.580. The van der Waals surface area contributed by atoms with Crippen molar-refractivity contribution >= 4 is 11.9 Å². The van der Waals surface area contributed by atoms with Gasteiger partial charge in [-0.1, -0.05) is 0 Å². The molecule has 6 nitrogen and oxygen atoms in total. The Morgan fingerprint density at radius 1 is 1.31 bits per heavy atom. The molecule has 3 N–H and O–H groups in total. The van der Waals surface area contributed by atoms with E-state index in [1.807, 2.05) is 0 Å². The van der Waals surface area contributed by atoms with Crippen LogP contribution in [0.5, 0.6) is 0 Å². The third-order valence-electron chi connectivity index (χ3n) is 1.56. The van der Waals surface area contributed by atoms with E-state index in [1.54, 1.807) is 0 Å². The zero-order valence-electron chi connectivity index (χ0n) is 7.10. The maximum atomic E-state index is 10.4. The fourth-order valence-electron chi connectivity index (χ4n) is 0.808. The van der Waals surface area contributed by atoms with Crippen molar-refractivity contribution in [2.24, 2.45) is 10.9 Å². The number of carboxylic acids is 1. The Balaban J connectivity index is 3.50. The van der Waals surface area contributed by atoms with E-state index in [1.165, 1.54) is 0 Å². The van der Waals surface area contributed by atoms with Crippen LogP contribution in [0, 0.1) is 4.91 Å². The molecule has 74 valence electrons. The van der Waals surface area contributed by atoms with Crippen LogP contribution in [0.4, 0.5) is 0 Å². The molecule has 0 bridgehead atoms. The average molecular weight is 188 g/mol. The molecular formula is C7H12N2O4. The van der Waals surface area contributed by atoms with Gasteiger partial charge in [0.2, 0.25) is 0 Å².